The fourth-order valence-corrected chi connectivity index (χ4v) is 3.85. The number of carbonyl (C=O) groups excluding carboxylic acids is 1. The van der Waals surface area contributed by atoms with E-state index in [1.54, 1.807) is 13.2 Å². The molecule has 1 fully saturated rings. The third-order valence-electron chi connectivity index (χ3n) is 4.43. The molecule has 31 heavy (non-hydrogen) atoms. The van der Waals surface area contributed by atoms with Crippen LogP contribution in [0, 0.1) is 0 Å². The molecule has 156 valence electrons. The maximum atomic E-state index is 12.3. The van der Waals surface area contributed by atoms with E-state index in [0.717, 1.165) is 16.8 Å². The van der Waals surface area contributed by atoms with E-state index >= 15 is 0 Å². The van der Waals surface area contributed by atoms with Gasteiger partial charge in [0.05, 0.1) is 17.7 Å². The summed E-state index contributed by atoms with van der Waals surface area (Å²) in [4.78, 5) is 17.4. The standard InChI is InChI=1S/C24H19ClN2O3S/c1-29-21-13-17(9-12-20(21)30-15-16-7-10-18(25)11-8-16)14-22-23(28)27-24(31-22)26-19-5-3-2-4-6-19/h2-14H,15H2,1H3,(H,26,27,28)/b22-14-. The number of nitrogens with one attached hydrogen (secondary N) is 1. The van der Waals surface area contributed by atoms with Crippen molar-refractivity contribution in [2.75, 3.05) is 7.11 Å². The van der Waals surface area contributed by atoms with E-state index in [2.05, 4.69) is 10.3 Å². The van der Waals surface area contributed by atoms with Crippen molar-refractivity contribution in [1.82, 2.24) is 5.32 Å². The molecule has 0 spiro atoms. The lowest BCUT2D eigenvalue weighted by Crippen LogP contribution is -2.19. The second kappa shape index (κ2) is 9.73. The Hall–Kier alpha value is -3.22. The zero-order valence-electron chi connectivity index (χ0n) is 16.7. The van der Waals surface area contributed by atoms with Gasteiger partial charge in [-0.1, -0.05) is 48.0 Å². The molecule has 3 aromatic carbocycles. The molecule has 1 amide bonds. The van der Waals surface area contributed by atoms with Crippen LogP contribution in [0.3, 0.4) is 0 Å². The minimum Gasteiger partial charge on any atom is -0.493 e. The highest BCUT2D eigenvalue weighted by Gasteiger charge is 2.24. The van der Waals surface area contributed by atoms with Crippen LogP contribution in [-0.4, -0.2) is 18.2 Å². The number of amides is 1. The van der Waals surface area contributed by atoms with Crippen molar-refractivity contribution in [1.29, 1.82) is 0 Å². The highest BCUT2D eigenvalue weighted by Crippen LogP contribution is 2.32. The Balaban J connectivity index is 1.48. The van der Waals surface area contributed by atoms with E-state index in [0.29, 0.717) is 33.2 Å². The zero-order chi connectivity index (χ0) is 21.6. The molecule has 1 aliphatic rings. The number of thioether (sulfide) groups is 1. The first-order chi connectivity index (χ1) is 15.1. The summed E-state index contributed by atoms with van der Waals surface area (Å²) in [6.45, 7) is 0.394. The SMILES string of the molecule is COc1cc(/C=C2\SC(=Nc3ccccc3)NC2=O)ccc1OCc1ccc(Cl)cc1. The van der Waals surface area contributed by atoms with Crippen molar-refractivity contribution >= 4 is 46.2 Å². The van der Waals surface area contributed by atoms with E-state index in [1.165, 1.54) is 11.8 Å². The smallest absolute Gasteiger partial charge is 0.264 e. The summed E-state index contributed by atoms with van der Waals surface area (Å²) in [6.07, 6.45) is 1.80. The van der Waals surface area contributed by atoms with Crippen LogP contribution in [0.4, 0.5) is 5.69 Å². The average Bonchev–Trinajstić information content (AvgIpc) is 3.13. The molecule has 0 saturated carbocycles. The minimum atomic E-state index is -0.179. The lowest BCUT2D eigenvalue weighted by Gasteiger charge is -2.11. The number of hydrogen-bond donors (Lipinski definition) is 1. The molecule has 0 unspecified atom stereocenters. The van der Waals surface area contributed by atoms with Gasteiger partial charge in [0.15, 0.2) is 16.7 Å². The Morgan fingerprint density at radius 1 is 1.03 bits per heavy atom. The number of ether oxygens (including phenoxy) is 2. The highest BCUT2D eigenvalue weighted by molar-refractivity contribution is 8.18. The van der Waals surface area contributed by atoms with Gasteiger partial charge in [-0.05, 0) is 65.4 Å². The van der Waals surface area contributed by atoms with Gasteiger partial charge in [-0.2, -0.15) is 0 Å². The number of methoxy groups -OCH3 is 1. The summed E-state index contributed by atoms with van der Waals surface area (Å²) >= 11 is 7.22. The Labute approximate surface area is 189 Å². The molecule has 0 aliphatic carbocycles. The fraction of sp³-hybridized carbons (Fsp3) is 0.0833. The van der Waals surface area contributed by atoms with Gasteiger partial charge in [-0.25, -0.2) is 4.99 Å². The number of aliphatic imine (C=N–C) groups is 1. The molecule has 1 heterocycles. The molecule has 5 nitrogen and oxygen atoms in total. The summed E-state index contributed by atoms with van der Waals surface area (Å²) in [5, 5.41) is 4.03. The zero-order valence-corrected chi connectivity index (χ0v) is 18.2. The minimum absolute atomic E-state index is 0.179. The number of benzene rings is 3. The van der Waals surface area contributed by atoms with Crippen molar-refractivity contribution in [3.05, 3.63) is 93.9 Å². The number of carbonyl (C=O) groups is 1. The van der Waals surface area contributed by atoms with Crippen LogP contribution in [0.15, 0.2) is 82.7 Å². The molecule has 0 atom stereocenters. The molecule has 0 radical (unpaired) electrons. The van der Waals surface area contributed by atoms with Crippen molar-refractivity contribution in [3.63, 3.8) is 0 Å². The molecule has 0 bridgehead atoms. The normalized spacial score (nSPS) is 15.9. The first kappa shape index (κ1) is 21.0. The molecule has 3 aromatic rings. The lowest BCUT2D eigenvalue weighted by atomic mass is 10.2. The summed E-state index contributed by atoms with van der Waals surface area (Å²) in [6, 6.07) is 22.5. The van der Waals surface area contributed by atoms with E-state index in [1.807, 2.05) is 72.8 Å². The monoisotopic (exact) mass is 450 g/mol. The largest absolute Gasteiger partial charge is 0.493 e. The Morgan fingerprint density at radius 2 is 1.81 bits per heavy atom. The molecular weight excluding hydrogens is 432 g/mol. The number of nitrogens with zero attached hydrogens (tertiary/aromatic N) is 1. The van der Waals surface area contributed by atoms with Gasteiger partial charge in [-0.3, -0.25) is 4.79 Å². The Morgan fingerprint density at radius 3 is 2.55 bits per heavy atom. The van der Waals surface area contributed by atoms with Crippen LogP contribution in [0.5, 0.6) is 11.5 Å². The lowest BCUT2D eigenvalue weighted by molar-refractivity contribution is -0.115. The molecular formula is C24H19ClN2O3S. The first-order valence-corrected chi connectivity index (χ1v) is 10.7. The maximum Gasteiger partial charge on any atom is 0.264 e. The highest BCUT2D eigenvalue weighted by atomic mass is 35.5. The van der Waals surface area contributed by atoms with Gasteiger partial charge in [-0.15, -0.1) is 0 Å². The number of halogens is 1. The van der Waals surface area contributed by atoms with Crippen LogP contribution in [0.2, 0.25) is 5.02 Å². The van der Waals surface area contributed by atoms with E-state index in [4.69, 9.17) is 21.1 Å². The van der Waals surface area contributed by atoms with E-state index in [-0.39, 0.29) is 5.91 Å². The third kappa shape index (κ3) is 5.48. The van der Waals surface area contributed by atoms with Crippen LogP contribution in [0.25, 0.3) is 6.08 Å². The summed E-state index contributed by atoms with van der Waals surface area (Å²) in [5.41, 5.74) is 2.62. The van der Waals surface area contributed by atoms with Gasteiger partial charge < -0.3 is 14.8 Å². The van der Waals surface area contributed by atoms with Crippen LogP contribution in [-0.2, 0) is 11.4 Å². The summed E-state index contributed by atoms with van der Waals surface area (Å²) in [5.74, 6) is 1.03. The topological polar surface area (TPSA) is 59.9 Å². The average molecular weight is 451 g/mol. The third-order valence-corrected chi connectivity index (χ3v) is 5.59. The molecule has 1 N–H and O–H groups in total. The Kier molecular flexibility index (Phi) is 6.60. The summed E-state index contributed by atoms with van der Waals surface area (Å²) < 4.78 is 11.4. The van der Waals surface area contributed by atoms with Crippen LogP contribution in [0.1, 0.15) is 11.1 Å². The Bertz CT molecular complexity index is 1150. The quantitative estimate of drug-likeness (QED) is 0.481. The molecule has 0 aromatic heterocycles. The first-order valence-electron chi connectivity index (χ1n) is 9.50. The van der Waals surface area contributed by atoms with Gasteiger partial charge in [0, 0.05) is 5.02 Å². The fourth-order valence-electron chi connectivity index (χ4n) is 2.89. The molecule has 7 heteroatoms. The predicted molar refractivity (Wildman–Crippen MR) is 126 cm³/mol. The second-order valence-corrected chi connectivity index (χ2v) is 8.11. The molecule has 4 rings (SSSR count). The number of para-hydroxylation sites is 1. The van der Waals surface area contributed by atoms with Crippen molar-refractivity contribution in [2.45, 2.75) is 6.61 Å². The van der Waals surface area contributed by atoms with Gasteiger partial charge in [0.2, 0.25) is 0 Å². The van der Waals surface area contributed by atoms with Gasteiger partial charge in [0.1, 0.15) is 6.61 Å². The second-order valence-electron chi connectivity index (χ2n) is 6.64. The van der Waals surface area contributed by atoms with E-state index < -0.39 is 0 Å². The number of amidine groups is 1. The van der Waals surface area contributed by atoms with Crippen molar-refractivity contribution in [3.8, 4) is 11.5 Å². The van der Waals surface area contributed by atoms with Crippen molar-refractivity contribution in [2.24, 2.45) is 4.99 Å². The maximum absolute atomic E-state index is 12.3. The van der Waals surface area contributed by atoms with E-state index in [9.17, 15) is 4.79 Å². The van der Waals surface area contributed by atoms with Crippen LogP contribution >= 0.6 is 23.4 Å². The van der Waals surface area contributed by atoms with Gasteiger partial charge in [0.25, 0.3) is 5.91 Å². The van der Waals surface area contributed by atoms with Crippen molar-refractivity contribution < 1.29 is 14.3 Å². The number of hydrogen-bond acceptors (Lipinski definition) is 5. The summed E-state index contributed by atoms with van der Waals surface area (Å²) in [7, 11) is 1.59. The molecule has 1 aliphatic heterocycles. The number of rotatable bonds is 6. The predicted octanol–water partition coefficient (Wildman–Crippen LogP) is 5.82. The van der Waals surface area contributed by atoms with Crippen LogP contribution < -0.4 is 14.8 Å². The molecule has 1 saturated heterocycles. The van der Waals surface area contributed by atoms with Gasteiger partial charge >= 0.3 is 0 Å².